The molecule has 0 N–H and O–H groups in total. The second-order valence-corrected chi connectivity index (χ2v) is 8.83. The number of hydrogen-bond acceptors (Lipinski definition) is 4. The Kier molecular flexibility index (Phi) is 7.31. The van der Waals surface area contributed by atoms with E-state index in [1.807, 2.05) is 12.4 Å². The van der Waals surface area contributed by atoms with Gasteiger partial charge in [0.1, 0.15) is 0 Å². The van der Waals surface area contributed by atoms with Crippen molar-refractivity contribution in [1.82, 2.24) is 14.8 Å². The summed E-state index contributed by atoms with van der Waals surface area (Å²) in [7, 11) is 0. The molecule has 0 aliphatic carbocycles. The van der Waals surface area contributed by atoms with Crippen LogP contribution in [0.25, 0.3) is 0 Å². The van der Waals surface area contributed by atoms with Crippen LogP contribution in [0.15, 0.2) is 48.8 Å². The van der Waals surface area contributed by atoms with Crippen LogP contribution in [-0.2, 0) is 17.8 Å². The van der Waals surface area contributed by atoms with Crippen LogP contribution in [0, 0.1) is 12.8 Å². The lowest BCUT2D eigenvalue weighted by atomic mass is 9.95. The number of ether oxygens (including phenoxy) is 1. The standard InChI is InChI=1S/C25H35N3O/c1-21-5-2-3-6-24(21)19-27-14-10-23(11-15-27)18-28(20-25-7-4-16-29-25)17-22-8-12-26-13-9-22/h2-3,5-6,8-9,12-13,23,25H,4,7,10-11,14-20H2,1H3/t25-/m0/s1. The van der Waals surface area contributed by atoms with Crippen LogP contribution in [0.2, 0.25) is 0 Å². The Balaban J connectivity index is 1.30. The molecule has 29 heavy (non-hydrogen) atoms. The topological polar surface area (TPSA) is 28.6 Å². The fraction of sp³-hybridized carbons (Fsp3) is 0.560. The summed E-state index contributed by atoms with van der Waals surface area (Å²) in [6, 6.07) is 13.1. The molecule has 0 saturated carbocycles. The molecule has 2 aromatic rings. The Labute approximate surface area is 175 Å². The van der Waals surface area contributed by atoms with E-state index in [0.717, 1.165) is 32.2 Å². The van der Waals surface area contributed by atoms with Crippen LogP contribution in [0.5, 0.6) is 0 Å². The summed E-state index contributed by atoms with van der Waals surface area (Å²) in [6.45, 7) is 9.92. The fourth-order valence-electron chi connectivity index (χ4n) is 4.75. The number of likely N-dealkylation sites (tertiary alicyclic amines) is 1. The maximum atomic E-state index is 5.94. The fourth-order valence-corrected chi connectivity index (χ4v) is 4.75. The van der Waals surface area contributed by atoms with Crippen molar-refractivity contribution in [2.24, 2.45) is 5.92 Å². The van der Waals surface area contributed by atoms with E-state index in [2.05, 4.69) is 58.1 Å². The van der Waals surface area contributed by atoms with Crippen LogP contribution < -0.4 is 0 Å². The van der Waals surface area contributed by atoms with E-state index in [0.29, 0.717) is 6.10 Å². The second-order valence-electron chi connectivity index (χ2n) is 8.83. The second kappa shape index (κ2) is 10.3. The van der Waals surface area contributed by atoms with Crippen molar-refractivity contribution >= 4 is 0 Å². The van der Waals surface area contributed by atoms with Crippen LogP contribution in [0.3, 0.4) is 0 Å². The third-order valence-electron chi connectivity index (χ3n) is 6.52. The van der Waals surface area contributed by atoms with E-state index >= 15 is 0 Å². The first-order chi connectivity index (χ1) is 14.3. The Hall–Kier alpha value is -1.75. The van der Waals surface area contributed by atoms with Crippen molar-refractivity contribution in [2.75, 3.05) is 32.8 Å². The summed E-state index contributed by atoms with van der Waals surface area (Å²) in [5, 5.41) is 0. The molecule has 4 rings (SSSR count). The third-order valence-corrected chi connectivity index (χ3v) is 6.52. The smallest absolute Gasteiger partial charge is 0.0702 e. The highest BCUT2D eigenvalue weighted by molar-refractivity contribution is 5.25. The average molecular weight is 394 g/mol. The highest BCUT2D eigenvalue weighted by atomic mass is 16.5. The van der Waals surface area contributed by atoms with Gasteiger partial charge in [-0.3, -0.25) is 14.8 Å². The molecule has 0 radical (unpaired) electrons. The van der Waals surface area contributed by atoms with Crippen molar-refractivity contribution in [1.29, 1.82) is 0 Å². The van der Waals surface area contributed by atoms with Gasteiger partial charge in [0.25, 0.3) is 0 Å². The maximum absolute atomic E-state index is 5.94. The zero-order valence-corrected chi connectivity index (χ0v) is 17.8. The summed E-state index contributed by atoms with van der Waals surface area (Å²) >= 11 is 0. The Morgan fingerprint density at radius 3 is 2.55 bits per heavy atom. The lowest BCUT2D eigenvalue weighted by Crippen LogP contribution is -2.40. The molecule has 0 bridgehead atoms. The van der Waals surface area contributed by atoms with Gasteiger partial charge < -0.3 is 4.74 Å². The third kappa shape index (κ3) is 6.11. The molecule has 4 nitrogen and oxygen atoms in total. The molecular weight excluding hydrogens is 358 g/mol. The van der Waals surface area contributed by atoms with E-state index in [1.54, 1.807) is 0 Å². The SMILES string of the molecule is Cc1ccccc1CN1CCC(CN(Cc2ccncc2)C[C@@H]2CCCO2)CC1. The molecule has 0 unspecified atom stereocenters. The quantitative estimate of drug-likeness (QED) is 0.669. The Bertz CT molecular complexity index is 737. The number of hydrogen-bond donors (Lipinski definition) is 0. The minimum atomic E-state index is 0.415. The van der Waals surface area contributed by atoms with Crippen molar-refractivity contribution in [3.8, 4) is 0 Å². The van der Waals surface area contributed by atoms with Gasteiger partial charge in [0.05, 0.1) is 6.10 Å². The summed E-state index contributed by atoms with van der Waals surface area (Å²) in [5.41, 5.74) is 4.24. The first-order valence-corrected chi connectivity index (χ1v) is 11.3. The van der Waals surface area contributed by atoms with Crippen molar-refractivity contribution in [2.45, 2.75) is 51.8 Å². The van der Waals surface area contributed by atoms with Crippen molar-refractivity contribution in [3.05, 3.63) is 65.5 Å². The van der Waals surface area contributed by atoms with E-state index in [1.165, 1.54) is 62.0 Å². The van der Waals surface area contributed by atoms with Gasteiger partial charge in [-0.05, 0) is 80.4 Å². The zero-order chi connectivity index (χ0) is 19.9. The van der Waals surface area contributed by atoms with Gasteiger partial charge in [-0.25, -0.2) is 0 Å². The zero-order valence-electron chi connectivity index (χ0n) is 17.8. The first-order valence-electron chi connectivity index (χ1n) is 11.3. The van der Waals surface area contributed by atoms with Gasteiger partial charge in [-0.15, -0.1) is 0 Å². The molecule has 1 atom stereocenters. The van der Waals surface area contributed by atoms with Crippen molar-refractivity contribution in [3.63, 3.8) is 0 Å². The normalized spacial score (nSPS) is 21.1. The number of nitrogens with zero attached hydrogens (tertiary/aromatic N) is 3. The molecular formula is C25H35N3O. The molecule has 2 aliphatic heterocycles. The van der Waals surface area contributed by atoms with Gasteiger partial charge in [0, 0.05) is 45.2 Å². The maximum Gasteiger partial charge on any atom is 0.0702 e. The number of aromatic nitrogens is 1. The van der Waals surface area contributed by atoms with Crippen molar-refractivity contribution < 1.29 is 4.74 Å². The highest BCUT2D eigenvalue weighted by Crippen LogP contribution is 2.23. The molecule has 2 aliphatic rings. The van der Waals surface area contributed by atoms with Crippen LogP contribution >= 0.6 is 0 Å². The number of aryl methyl sites for hydroxylation is 1. The van der Waals surface area contributed by atoms with Gasteiger partial charge in [0.15, 0.2) is 0 Å². The van der Waals surface area contributed by atoms with Gasteiger partial charge in [-0.1, -0.05) is 24.3 Å². The predicted octanol–water partition coefficient (Wildman–Crippen LogP) is 4.28. The van der Waals surface area contributed by atoms with E-state index in [-0.39, 0.29) is 0 Å². The molecule has 2 saturated heterocycles. The molecule has 1 aromatic carbocycles. The van der Waals surface area contributed by atoms with E-state index < -0.39 is 0 Å². The summed E-state index contributed by atoms with van der Waals surface area (Å²) in [6.07, 6.45) is 9.24. The summed E-state index contributed by atoms with van der Waals surface area (Å²) < 4.78 is 5.94. The summed E-state index contributed by atoms with van der Waals surface area (Å²) in [5.74, 6) is 0.784. The number of piperidine rings is 1. The Morgan fingerprint density at radius 1 is 1.03 bits per heavy atom. The van der Waals surface area contributed by atoms with Crippen LogP contribution in [-0.4, -0.2) is 53.7 Å². The largest absolute Gasteiger partial charge is 0.377 e. The first kappa shape index (κ1) is 20.5. The lowest BCUT2D eigenvalue weighted by Gasteiger charge is -2.35. The number of pyridine rings is 1. The van der Waals surface area contributed by atoms with E-state index in [4.69, 9.17) is 4.74 Å². The molecule has 4 heteroatoms. The Morgan fingerprint density at radius 2 is 1.83 bits per heavy atom. The number of benzene rings is 1. The molecule has 0 amide bonds. The van der Waals surface area contributed by atoms with Gasteiger partial charge in [-0.2, -0.15) is 0 Å². The minimum absolute atomic E-state index is 0.415. The van der Waals surface area contributed by atoms with Crippen LogP contribution in [0.4, 0.5) is 0 Å². The van der Waals surface area contributed by atoms with Crippen LogP contribution in [0.1, 0.15) is 42.4 Å². The average Bonchev–Trinajstić information content (AvgIpc) is 3.25. The number of rotatable bonds is 8. The van der Waals surface area contributed by atoms with E-state index in [9.17, 15) is 0 Å². The molecule has 156 valence electrons. The molecule has 2 fully saturated rings. The molecule has 3 heterocycles. The van der Waals surface area contributed by atoms with Gasteiger partial charge >= 0.3 is 0 Å². The molecule has 0 spiro atoms. The summed E-state index contributed by atoms with van der Waals surface area (Å²) in [4.78, 5) is 9.43. The minimum Gasteiger partial charge on any atom is -0.377 e. The lowest BCUT2D eigenvalue weighted by molar-refractivity contribution is 0.0570. The monoisotopic (exact) mass is 393 g/mol. The molecule has 1 aromatic heterocycles. The highest BCUT2D eigenvalue weighted by Gasteiger charge is 2.25. The van der Waals surface area contributed by atoms with Gasteiger partial charge in [0.2, 0.25) is 0 Å². The predicted molar refractivity (Wildman–Crippen MR) is 118 cm³/mol.